The van der Waals surface area contributed by atoms with Crippen LogP contribution < -0.4 is 0 Å². The standard InChI is InChI=1S/C23H22N4O2/c1-16-25-23(26-29-16)19-9-7-17(8-10-19)13-27-15-24-21(18-5-3-2-4-6-18)22(27)20-11-12-28-14-20/h2-10,15,20H,11-14H2,1H3. The number of aryl methyl sites for hydroxylation is 1. The molecule has 1 aliphatic heterocycles. The Labute approximate surface area is 169 Å². The van der Waals surface area contributed by atoms with Crippen molar-refractivity contribution < 1.29 is 9.26 Å². The molecule has 0 spiro atoms. The van der Waals surface area contributed by atoms with Crippen molar-refractivity contribution in [2.75, 3.05) is 13.2 Å². The Kier molecular flexibility index (Phi) is 4.69. The minimum absolute atomic E-state index is 0.370. The van der Waals surface area contributed by atoms with Gasteiger partial charge < -0.3 is 13.8 Å². The summed E-state index contributed by atoms with van der Waals surface area (Å²) in [7, 11) is 0. The fourth-order valence-electron chi connectivity index (χ4n) is 3.89. The molecule has 0 amide bonds. The van der Waals surface area contributed by atoms with E-state index in [-0.39, 0.29) is 0 Å². The highest BCUT2D eigenvalue weighted by molar-refractivity contribution is 5.63. The molecule has 1 unspecified atom stereocenters. The number of imidazole rings is 1. The molecule has 5 rings (SSSR count). The SMILES string of the molecule is Cc1nc(-c2ccc(Cn3cnc(-c4ccccc4)c3C3CCOC3)cc2)no1. The number of ether oxygens (including phenoxy) is 1. The summed E-state index contributed by atoms with van der Waals surface area (Å²) >= 11 is 0. The van der Waals surface area contributed by atoms with E-state index in [2.05, 4.69) is 51.1 Å². The summed E-state index contributed by atoms with van der Waals surface area (Å²) in [6.07, 6.45) is 2.98. The fraction of sp³-hybridized carbons (Fsp3) is 0.261. The Morgan fingerprint density at radius 3 is 2.55 bits per heavy atom. The van der Waals surface area contributed by atoms with E-state index in [0.29, 0.717) is 17.6 Å². The summed E-state index contributed by atoms with van der Waals surface area (Å²) in [5.41, 5.74) is 5.61. The zero-order valence-corrected chi connectivity index (χ0v) is 16.3. The molecule has 6 heteroatoms. The van der Waals surface area contributed by atoms with E-state index in [1.165, 1.54) is 11.3 Å². The van der Waals surface area contributed by atoms with Gasteiger partial charge in [-0.3, -0.25) is 0 Å². The molecule has 1 fully saturated rings. The van der Waals surface area contributed by atoms with Gasteiger partial charge in [-0.25, -0.2) is 4.98 Å². The maximum absolute atomic E-state index is 5.68. The molecule has 3 heterocycles. The highest BCUT2D eigenvalue weighted by Crippen LogP contribution is 2.33. The van der Waals surface area contributed by atoms with Gasteiger partial charge in [-0.15, -0.1) is 0 Å². The van der Waals surface area contributed by atoms with Gasteiger partial charge in [0.1, 0.15) is 0 Å². The number of aromatic nitrogens is 4. The predicted molar refractivity (Wildman–Crippen MR) is 109 cm³/mol. The lowest BCUT2D eigenvalue weighted by Gasteiger charge is -2.15. The summed E-state index contributed by atoms with van der Waals surface area (Å²) in [5.74, 6) is 1.56. The molecule has 146 valence electrons. The van der Waals surface area contributed by atoms with Gasteiger partial charge in [0.25, 0.3) is 0 Å². The topological polar surface area (TPSA) is 66.0 Å². The van der Waals surface area contributed by atoms with Gasteiger partial charge in [-0.2, -0.15) is 4.98 Å². The molecule has 1 saturated heterocycles. The lowest BCUT2D eigenvalue weighted by molar-refractivity contribution is 0.193. The second-order valence-corrected chi connectivity index (χ2v) is 7.37. The first-order valence-corrected chi connectivity index (χ1v) is 9.86. The molecule has 1 atom stereocenters. The molecule has 2 aromatic heterocycles. The number of hydrogen-bond acceptors (Lipinski definition) is 5. The molecular formula is C23H22N4O2. The van der Waals surface area contributed by atoms with Gasteiger partial charge in [-0.1, -0.05) is 59.8 Å². The minimum Gasteiger partial charge on any atom is -0.381 e. The molecule has 1 aliphatic rings. The molecule has 4 aromatic rings. The Morgan fingerprint density at radius 2 is 1.86 bits per heavy atom. The van der Waals surface area contributed by atoms with Crippen molar-refractivity contribution in [1.29, 1.82) is 0 Å². The van der Waals surface area contributed by atoms with E-state index in [1.807, 2.05) is 24.5 Å². The highest BCUT2D eigenvalue weighted by atomic mass is 16.5. The molecular weight excluding hydrogens is 364 g/mol. The molecule has 0 aliphatic carbocycles. The van der Waals surface area contributed by atoms with Gasteiger partial charge >= 0.3 is 0 Å². The molecule has 0 N–H and O–H groups in total. The van der Waals surface area contributed by atoms with Crippen molar-refractivity contribution in [3.05, 3.63) is 78.1 Å². The predicted octanol–water partition coefficient (Wildman–Crippen LogP) is 4.46. The quantitative estimate of drug-likeness (QED) is 0.507. The van der Waals surface area contributed by atoms with Crippen LogP contribution in [0.2, 0.25) is 0 Å². The minimum atomic E-state index is 0.370. The van der Waals surface area contributed by atoms with Crippen molar-refractivity contribution in [1.82, 2.24) is 19.7 Å². The van der Waals surface area contributed by atoms with E-state index in [0.717, 1.165) is 43.0 Å². The Hall–Kier alpha value is -3.25. The maximum atomic E-state index is 5.68. The smallest absolute Gasteiger partial charge is 0.223 e. The summed E-state index contributed by atoms with van der Waals surface area (Å²) in [4.78, 5) is 9.06. The first-order valence-electron chi connectivity index (χ1n) is 9.86. The van der Waals surface area contributed by atoms with Crippen LogP contribution in [0, 0.1) is 6.92 Å². The van der Waals surface area contributed by atoms with Crippen LogP contribution in [0.15, 0.2) is 65.4 Å². The van der Waals surface area contributed by atoms with E-state index >= 15 is 0 Å². The van der Waals surface area contributed by atoms with Crippen molar-refractivity contribution in [3.8, 4) is 22.6 Å². The van der Waals surface area contributed by atoms with Gasteiger partial charge in [0.2, 0.25) is 11.7 Å². The van der Waals surface area contributed by atoms with E-state index in [4.69, 9.17) is 14.2 Å². The van der Waals surface area contributed by atoms with Crippen LogP contribution in [0.3, 0.4) is 0 Å². The van der Waals surface area contributed by atoms with Crippen molar-refractivity contribution in [2.45, 2.75) is 25.8 Å². The first kappa shape index (κ1) is 17.8. The number of benzene rings is 2. The highest BCUT2D eigenvalue weighted by Gasteiger charge is 2.26. The molecule has 0 radical (unpaired) electrons. The summed E-state index contributed by atoms with van der Waals surface area (Å²) < 4.78 is 13.0. The zero-order valence-electron chi connectivity index (χ0n) is 16.3. The number of hydrogen-bond donors (Lipinski definition) is 0. The normalized spacial score (nSPS) is 16.4. The molecule has 0 bridgehead atoms. The lowest BCUT2D eigenvalue weighted by atomic mass is 9.99. The second-order valence-electron chi connectivity index (χ2n) is 7.37. The molecule has 2 aromatic carbocycles. The lowest BCUT2D eigenvalue weighted by Crippen LogP contribution is -2.09. The Bertz CT molecular complexity index is 1090. The van der Waals surface area contributed by atoms with Gasteiger partial charge in [0.05, 0.1) is 24.3 Å². The van der Waals surface area contributed by atoms with E-state index in [1.54, 1.807) is 6.92 Å². The Balaban J connectivity index is 1.46. The monoisotopic (exact) mass is 386 g/mol. The number of rotatable bonds is 5. The van der Waals surface area contributed by atoms with Crippen LogP contribution in [-0.2, 0) is 11.3 Å². The first-order chi connectivity index (χ1) is 14.3. The average molecular weight is 386 g/mol. The van der Waals surface area contributed by atoms with Crippen LogP contribution in [0.25, 0.3) is 22.6 Å². The van der Waals surface area contributed by atoms with Crippen LogP contribution >= 0.6 is 0 Å². The van der Waals surface area contributed by atoms with Gasteiger partial charge in [0.15, 0.2) is 0 Å². The van der Waals surface area contributed by atoms with E-state index < -0.39 is 0 Å². The van der Waals surface area contributed by atoms with Crippen LogP contribution in [-0.4, -0.2) is 32.9 Å². The summed E-state index contributed by atoms with van der Waals surface area (Å²) in [6, 6.07) is 18.7. The third-order valence-corrected chi connectivity index (χ3v) is 5.33. The molecule has 0 saturated carbocycles. The van der Waals surface area contributed by atoms with Crippen molar-refractivity contribution in [2.24, 2.45) is 0 Å². The van der Waals surface area contributed by atoms with Crippen LogP contribution in [0.1, 0.15) is 29.5 Å². The van der Waals surface area contributed by atoms with Gasteiger partial charge in [0, 0.05) is 37.1 Å². The number of nitrogens with zero attached hydrogens (tertiary/aromatic N) is 4. The maximum Gasteiger partial charge on any atom is 0.223 e. The molecule has 29 heavy (non-hydrogen) atoms. The van der Waals surface area contributed by atoms with E-state index in [9.17, 15) is 0 Å². The van der Waals surface area contributed by atoms with Crippen LogP contribution in [0.5, 0.6) is 0 Å². The van der Waals surface area contributed by atoms with Crippen molar-refractivity contribution in [3.63, 3.8) is 0 Å². The largest absolute Gasteiger partial charge is 0.381 e. The van der Waals surface area contributed by atoms with Crippen LogP contribution in [0.4, 0.5) is 0 Å². The third-order valence-electron chi connectivity index (χ3n) is 5.33. The second kappa shape index (κ2) is 7.64. The zero-order chi connectivity index (χ0) is 19.6. The van der Waals surface area contributed by atoms with Gasteiger partial charge in [-0.05, 0) is 12.0 Å². The summed E-state index contributed by atoms with van der Waals surface area (Å²) in [5, 5.41) is 3.99. The van der Waals surface area contributed by atoms with Crippen molar-refractivity contribution >= 4 is 0 Å². The average Bonchev–Trinajstić information content (AvgIpc) is 3.50. The third kappa shape index (κ3) is 3.59. The fourth-order valence-corrected chi connectivity index (χ4v) is 3.89. The summed E-state index contributed by atoms with van der Waals surface area (Å²) in [6.45, 7) is 4.12. The molecule has 6 nitrogen and oxygen atoms in total. The Morgan fingerprint density at radius 1 is 1.03 bits per heavy atom.